The third-order valence-corrected chi connectivity index (χ3v) is 5.87. The number of amides is 1. The SMILES string of the molecule is CCCCCCCCN(CCCCCCCC)C(=O)COc1ccc2ccc(=O)oc2c1. The van der Waals surface area contributed by atoms with Gasteiger partial charge in [0.15, 0.2) is 6.61 Å². The van der Waals surface area contributed by atoms with Crippen molar-refractivity contribution in [2.45, 2.75) is 90.9 Å². The van der Waals surface area contributed by atoms with Crippen molar-refractivity contribution < 1.29 is 13.9 Å². The summed E-state index contributed by atoms with van der Waals surface area (Å²) in [5, 5.41) is 0.830. The fourth-order valence-corrected chi connectivity index (χ4v) is 3.89. The third kappa shape index (κ3) is 9.88. The van der Waals surface area contributed by atoms with E-state index >= 15 is 0 Å². The van der Waals surface area contributed by atoms with Crippen LogP contribution in [0.1, 0.15) is 90.9 Å². The van der Waals surface area contributed by atoms with E-state index in [1.165, 1.54) is 70.3 Å². The van der Waals surface area contributed by atoms with Gasteiger partial charge in [0, 0.05) is 30.6 Å². The van der Waals surface area contributed by atoms with E-state index in [-0.39, 0.29) is 12.5 Å². The number of rotatable bonds is 17. The highest BCUT2D eigenvalue weighted by atomic mass is 16.5. The lowest BCUT2D eigenvalue weighted by molar-refractivity contribution is -0.133. The van der Waals surface area contributed by atoms with Gasteiger partial charge in [-0.1, -0.05) is 78.1 Å². The second-order valence-electron chi connectivity index (χ2n) is 8.66. The van der Waals surface area contributed by atoms with Gasteiger partial charge in [-0.15, -0.1) is 0 Å². The van der Waals surface area contributed by atoms with Crippen LogP contribution < -0.4 is 10.4 Å². The molecular weight excluding hydrogens is 402 g/mol. The van der Waals surface area contributed by atoms with Crippen LogP contribution in [0, 0.1) is 0 Å². The second-order valence-corrected chi connectivity index (χ2v) is 8.66. The molecule has 1 aromatic heterocycles. The summed E-state index contributed by atoms with van der Waals surface area (Å²) in [6, 6.07) is 8.44. The molecule has 2 aromatic rings. The molecular formula is C27H41NO4. The topological polar surface area (TPSA) is 59.8 Å². The molecule has 0 bridgehead atoms. The molecule has 0 spiro atoms. The monoisotopic (exact) mass is 443 g/mol. The Morgan fingerprint density at radius 2 is 1.38 bits per heavy atom. The first-order chi connectivity index (χ1) is 15.6. The molecule has 0 radical (unpaired) electrons. The molecule has 0 aliphatic heterocycles. The zero-order valence-electron chi connectivity index (χ0n) is 20.1. The molecule has 0 N–H and O–H groups in total. The highest BCUT2D eigenvalue weighted by Crippen LogP contribution is 2.19. The van der Waals surface area contributed by atoms with Crippen LogP contribution in [0.25, 0.3) is 11.0 Å². The number of unbranched alkanes of at least 4 members (excludes halogenated alkanes) is 10. The Hall–Kier alpha value is -2.30. The predicted molar refractivity (Wildman–Crippen MR) is 131 cm³/mol. The summed E-state index contributed by atoms with van der Waals surface area (Å²) in [5.74, 6) is 0.570. The minimum absolute atomic E-state index is 0.00818. The van der Waals surface area contributed by atoms with Crippen molar-refractivity contribution in [3.8, 4) is 5.75 Å². The Morgan fingerprint density at radius 1 is 0.812 bits per heavy atom. The number of benzene rings is 1. The minimum Gasteiger partial charge on any atom is -0.484 e. The number of ether oxygens (including phenoxy) is 1. The average Bonchev–Trinajstić information content (AvgIpc) is 2.80. The summed E-state index contributed by atoms with van der Waals surface area (Å²) in [4.78, 5) is 26.3. The molecule has 0 fully saturated rings. The van der Waals surface area contributed by atoms with Gasteiger partial charge in [0.05, 0.1) is 0 Å². The van der Waals surface area contributed by atoms with E-state index in [1.807, 2.05) is 11.0 Å². The molecule has 0 saturated carbocycles. The van der Waals surface area contributed by atoms with Crippen LogP contribution in [-0.2, 0) is 4.79 Å². The van der Waals surface area contributed by atoms with Crippen molar-refractivity contribution in [3.63, 3.8) is 0 Å². The van der Waals surface area contributed by atoms with Gasteiger partial charge in [-0.2, -0.15) is 0 Å². The molecule has 0 aliphatic rings. The van der Waals surface area contributed by atoms with Gasteiger partial charge < -0.3 is 14.1 Å². The highest BCUT2D eigenvalue weighted by Gasteiger charge is 2.14. The molecule has 1 heterocycles. The van der Waals surface area contributed by atoms with E-state index in [0.29, 0.717) is 11.3 Å². The smallest absolute Gasteiger partial charge is 0.336 e. The third-order valence-electron chi connectivity index (χ3n) is 5.87. The van der Waals surface area contributed by atoms with Crippen molar-refractivity contribution in [2.75, 3.05) is 19.7 Å². The van der Waals surface area contributed by atoms with Crippen molar-refractivity contribution in [1.82, 2.24) is 4.90 Å². The number of hydrogen-bond donors (Lipinski definition) is 0. The van der Waals surface area contributed by atoms with Gasteiger partial charge in [0.2, 0.25) is 0 Å². The van der Waals surface area contributed by atoms with Crippen LogP contribution in [0.3, 0.4) is 0 Å². The lowest BCUT2D eigenvalue weighted by Gasteiger charge is -2.23. The van der Waals surface area contributed by atoms with Crippen LogP contribution >= 0.6 is 0 Å². The number of carbonyl (C=O) groups is 1. The number of hydrogen-bond acceptors (Lipinski definition) is 4. The molecule has 5 nitrogen and oxygen atoms in total. The van der Waals surface area contributed by atoms with Gasteiger partial charge in [-0.25, -0.2) is 4.79 Å². The van der Waals surface area contributed by atoms with Gasteiger partial charge in [-0.05, 0) is 31.0 Å². The maximum atomic E-state index is 12.9. The standard InChI is InChI=1S/C27H41NO4/c1-3-5-7-9-11-13-19-28(20-14-12-10-8-6-4-2)26(29)22-31-24-17-15-23-16-18-27(30)32-25(23)21-24/h15-18,21H,3-14,19-20,22H2,1-2H3. The fraction of sp³-hybridized carbons (Fsp3) is 0.630. The highest BCUT2D eigenvalue weighted by molar-refractivity contribution is 5.79. The second kappa shape index (κ2) is 15.5. The van der Waals surface area contributed by atoms with E-state index in [9.17, 15) is 9.59 Å². The Bertz CT molecular complexity index is 829. The molecule has 178 valence electrons. The molecule has 2 rings (SSSR count). The largest absolute Gasteiger partial charge is 0.484 e. The zero-order chi connectivity index (χ0) is 23.0. The Balaban J connectivity index is 1.84. The van der Waals surface area contributed by atoms with Crippen molar-refractivity contribution in [3.05, 3.63) is 40.8 Å². The molecule has 5 heteroatoms. The van der Waals surface area contributed by atoms with Gasteiger partial charge in [-0.3, -0.25) is 4.79 Å². The molecule has 0 unspecified atom stereocenters. The van der Waals surface area contributed by atoms with Gasteiger partial charge >= 0.3 is 5.63 Å². The van der Waals surface area contributed by atoms with Crippen LogP contribution in [0.4, 0.5) is 0 Å². The Labute approximate surface area is 193 Å². The van der Waals surface area contributed by atoms with Crippen LogP contribution in [0.5, 0.6) is 5.75 Å². The average molecular weight is 444 g/mol. The van der Waals surface area contributed by atoms with E-state index < -0.39 is 5.63 Å². The Kier molecular flexibility index (Phi) is 12.6. The minimum atomic E-state index is -0.394. The molecule has 0 aliphatic carbocycles. The van der Waals surface area contributed by atoms with E-state index in [1.54, 1.807) is 18.2 Å². The molecule has 0 saturated heterocycles. The summed E-state index contributed by atoms with van der Waals surface area (Å²) >= 11 is 0. The quantitative estimate of drug-likeness (QED) is 0.201. The zero-order valence-corrected chi connectivity index (χ0v) is 20.1. The van der Waals surface area contributed by atoms with E-state index in [4.69, 9.17) is 9.15 Å². The van der Waals surface area contributed by atoms with Crippen molar-refractivity contribution in [2.24, 2.45) is 0 Å². The first-order valence-electron chi connectivity index (χ1n) is 12.6. The summed E-state index contributed by atoms with van der Waals surface area (Å²) in [7, 11) is 0. The molecule has 1 amide bonds. The van der Waals surface area contributed by atoms with E-state index in [2.05, 4.69) is 13.8 Å². The maximum absolute atomic E-state index is 12.9. The van der Waals surface area contributed by atoms with E-state index in [0.717, 1.165) is 31.3 Å². The van der Waals surface area contributed by atoms with Crippen LogP contribution in [-0.4, -0.2) is 30.5 Å². The van der Waals surface area contributed by atoms with Crippen LogP contribution in [0.15, 0.2) is 39.5 Å². The summed E-state index contributed by atoms with van der Waals surface area (Å²) in [6.07, 6.45) is 14.6. The maximum Gasteiger partial charge on any atom is 0.336 e. The number of carbonyl (C=O) groups excluding carboxylic acids is 1. The van der Waals surface area contributed by atoms with Crippen molar-refractivity contribution in [1.29, 1.82) is 0 Å². The summed E-state index contributed by atoms with van der Waals surface area (Å²) < 4.78 is 11.0. The predicted octanol–water partition coefficient (Wildman–Crippen LogP) is 6.72. The Morgan fingerprint density at radius 3 is 2.00 bits per heavy atom. The molecule has 32 heavy (non-hydrogen) atoms. The van der Waals surface area contributed by atoms with Crippen LogP contribution in [0.2, 0.25) is 0 Å². The summed E-state index contributed by atoms with van der Waals surface area (Å²) in [5.41, 5.74) is 0.0771. The lowest BCUT2D eigenvalue weighted by atomic mass is 10.1. The van der Waals surface area contributed by atoms with Gasteiger partial charge in [0.1, 0.15) is 11.3 Å². The molecule has 1 aromatic carbocycles. The number of fused-ring (bicyclic) bond motifs is 1. The summed E-state index contributed by atoms with van der Waals surface area (Å²) in [6.45, 7) is 6.06. The number of nitrogens with zero attached hydrogens (tertiary/aromatic N) is 1. The van der Waals surface area contributed by atoms with Crippen molar-refractivity contribution >= 4 is 16.9 Å². The first-order valence-corrected chi connectivity index (χ1v) is 12.6. The first kappa shape index (κ1) is 26.0. The van der Waals surface area contributed by atoms with Gasteiger partial charge in [0.25, 0.3) is 5.91 Å². The molecule has 0 atom stereocenters. The fourth-order valence-electron chi connectivity index (χ4n) is 3.89. The lowest BCUT2D eigenvalue weighted by Crippen LogP contribution is -2.36. The normalized spacial score (nSPS) is 11.1.